The van der Waals surface area contributed by atoms with E-state index in [1.165, 1.54) is 18.3 Å². The van der Waals surface area contributed by atoms with Gasteiger partial charge in [0.15, 0.2) is 0 Å². The van der Waals surface area contributed by atoms with E-state index >= 15 is 0 Å². The van der Waals surface area contributed by atoms with Crippen LogP contribution in [0.15, 0.2) is 53.7 Å². The topological polar surface area (TPSA) is 142 Å². The number of nitrogens with zero attached hydrogens (tertiary/aromatic N) is 2. The number of nitrogens with one attached hydrogen (secondary N) is 3. The number of pyridine rings is 1. The molecule has 0 bridgehead atoms. The van der Waals surface area contributed by atoms with Crippen molar-refractivity contribution in [3.05, 3.63) is 54.4 Å². The molecule has 35 heavy (non-hydrogen) atoms. The second kappa shape index (κ2) is 10.5. The minimum absolute atomic E-state index is 0.0404. The van der Waals surface area contributed by atoms with Gasteiger partial charge in [-0.3, -0.25) is 4.98 Å². The summed E-state index contributed by atoms with van der Waals surface area (Å²) in [6, 6.07) is 8.02. The summed E-state index contributed by atoms with van der Waals surface area (Å²) in [5.74, 6) is -0.191. The van der Waals surface area contributed by atoms with Gasteiger partial charge >= 0.3 is 12.1 Å². The van der Waals surface area contributed by atoms with Gasteiger partial charge in [0.2, 0.25) is 5.88 Å². The van der Waals surface area contributed by atoms with E-state index in [1.807, 2.05) is 4.72 Å². The van der Waals surface area contributed by atoms with Crippen LogP contribution in [-0.4, -0.2) is 53.1 Å². The first-order valence-corrected chi connectivity index (χ1v) is 13.1. The minimum atomic E-state index is -4.02. The molecule has 3 aromatic rings. The summed E-state index contributed by atoms with van der Waals surface area (Å²) in [4.78, 5) is 28.6. The van der Waals surface area contributed by atoms with Crippen LogP contribution in [0.5, 0.6) is 5.88 Å². The van der Waals surface area contributed by atoms with Gasteiger partial charge in [0.1, 0.15) is 0 Å². The molecule has 10 nitrogen and oxygen atoms in total. The van der Waals surface area contributed by atoms with Crippen molar-refractivity contribution in [2.24, 2.45) is 0 Å². The molecule has 0 radical (unpaired) electrons. The van der Waals surface area contributed by atoms with Crippen LogP contribution in [0.4, 0.5) is 9.59 Å². The van der Waals surface area contributed by atoms with Crippen LogP contribution in [-0.2, 0) is 16.4 Å². The summed E-state index contributed by atoms with van der Waals surface area (Å²) in [5, 5.41) is 16.2. The van der Waals surface area contributed by atoms with E-state index in [0.29, 0.717) is 30.2 Å². The molecule has 12 heteroatoms. The summed E-state index contributed by atoms with van der Waals surface area (Å²) in [6.07, 6.45) is 6.44. The number of aromatic hydroxyl groups is 1. The number of halogens is 1. The first kappa shape index (κ1) is 24.8. The molecule has 4 rings (SSSR count). The third-order valence-corrected chi connectivity index (χ3v) is 7.70. The average molecular weight is 520 g/mol. The molecular formula is C23H26ClN5O5S. The Morgan fingerprint density at radius 2 is 1.83 bits per heavy atom. The van der Waals surface area contributed by atoms with E-state index in [1.54, 1.807) is 30.5 Å². The Hall–Kier alpha value is -3.31. The standard InChI is InChI=1S/C23H26ClN5O5S/c24-16-5-7-17(8-6-16)27-22(31)28-35(33,34)18-9-3-15(4-10-18)11-13-26-23(32)29-14-20-19(21(29)30)2-1-12-25-20/h1-4,9-10,12,14,16-17,30H,5-8,11,13H2,(H,26,32)(H2,27,28,31). The fourth-order valence-electron chi connectivity index (χ4n) is 4.00. The van der Waals surface area contributed by atoms with Gasteiger partial charge < -0.3 is 15.7 Å². The van der Waals surface area contributed by atoms with Crippen LogP contribution in [0, 0.1) is 0 Å². The molecule has 1 saturated carbocycles. The third-order valence-electron chi connectivity index (χ3n) is 5.92. The van der Waals surface area contributed by atoms with Crippen molar-refractivity contribution < 1.29 is 23.1 Å². The molecule has 186 valence electrons. The highest BCUT2D eigenvalue weighted by Crippen LogP contribution is 2.25. The maximum Gasteiger partial charge on any atom is 0.328 e. The number of carbonyl (C=O) groups is 2. The van der Waals surface area contributed by atoms with Crippen LogP contribution in [0.3, 0.4) is 0 Å². The Kier molecular flexibility index (Phi) is 7.46. The van der Waals surface area contributed by atoms with Gasteiger partial charge in [-0.05, 0) is 61.9 Å². The molecule has 0 saturated heterocycles. The molecule has 0 unspecified atom stereocenters. The Morgan fingerprint density at radius 1 is 1.11 bits per heavy atom. The quantitative estimate of drug-likeness (QED) is 0.369. The number of carbonyl (C=O) groups excluding carboxylic acids is 2. The molecule has 1 aromatic carbocycles. The normalized spacial score (nSPS) is 18.2. The van der Waals surface area contributed by atoms with Crippen molar-refractivity contribution in [1.29, 1.82) is 0 Å². The summed E-state index contributed by atoms with van der Waals surface area (Å²) < 4.78 is 28.2. The largest absolute Gasteiger partial charge is 0.494 e. The predicted octanol–water partition coefficient (Wildman–Crippen LogP) is 3.08. The number of alkyl halides is 1. The number of aromatic nitrogens is 2. The lowest BCUT2D eigenvalue weighted by Gasteiger charge is -2.25. The van der Waals surface area contributed by atoms with Crippen LogP contribution < -0.4 is 15.4 Å². The Balaban J connectivity index is 1.28. The molecule has 1 fully saturated rings. The molecule has 2 aromatic heterocycles. The molecule has 2 heterocycles. The van der Waals surface area contributed by atoms with E-state index in [9.17, 15) is 23.1 Å². The van der Waals surface area contributed by atoms with E-state index in [4.69, 9.17) is 11.6 Å². The lowest BCUT2D eigenvalue weighted by molar-refractivity contribution is 0.237. The second-order valence-electron chi connectivity index (χ2n) is 8.41. The number of hydrogen-bond donors (Lipinski definition) is 4. The summed E-state index contributed by atoms with van der Waals surface area (Å²) in [5.41, 5.74) is 1.29. The molecule has 1 aliphatic rings. The SMILES string of the molecule is O=C(NC1CCC(Cl)CC1)NS(=O)(=O)c1ccc(CCNC(=O)n2cc3ncccc3c2O)cc1. The molecule has 0 aliphatic heterocycles. The second-order valence-corrected chi connectivity index (χ2v) is 10.7. The zero-order valence-electron chi connectivity index (χ0n) is 18.8. The van der Waals surface area contributed by atoms with Gasteiger partial charge in [-0.15, -0.1) is 11.6 Å². The van der Waals surface area contributed by atoms with Crippen molar-refractivity contribution in [2.75, 3.05) is 6.54 Å². The number of sulfonamides is 1. The summed E-state index contributed by atoms with van der Waals surface area (Å²) in [7, 11) is -4.02. The Bertz CT molecular complexity index is 1320. The van der Waals surface area contributed by atoms with E-state index < -0.39 is 22.1 Å². The van der Waals surface area contributed by atoms with Gasteiger partial charge in [-0.25, -0.2) is 27.3 Å². The third kappa shape index (κ3) is 6.04. The highest BCUT2D eigenvalue weighted by Gasteiger charge is 2.23. The number of benzene rings is 1. The van der Waals surface area contributed by atoms with Crippen molar-refractivity contribution in [3.8, 4) is 5.88 Å². The average Bonchev–Trinajstić information content (AvgIpc) is 3.17. The molecule has 4 N–H and O–H groups in total. The molecule has 0 spiro atoms. The van der Waals surface area contributed by atoms with E-state index in [2.05, 4.69) is 15.6 Å². The maximum absolute atomic E-state index is 12.5. The van der Waals surface area contributed by atoms with Crippen molar-refractivity contribution in [3.63, 3.8) is 0 Å². The van der Waals surface area contributed by atoms with E-state index in [0.717, 1.165) is 23.0 Å². The first-order valence-electron chi connectivity index (χ1n) is 11.2. The summed E-state index contributed by atoms with van der Waals surface area (Å²) >= 11 is 6.06. The van der Waals surface area contributed by atoms with Crippen molar-refractivity contribution in [2.45, 2.75) is 48.4 Å². The van der Waals surface area contributed by atoms with Crippen LogP contribution in [0.25, 0.3) is 10.9 Å². The number of fused-ring (bicyclic) bond motifs is 1. The monoisotopic (exact) mass is 519 g/mol. The maximum atomic E-state index is 12.5. The summed E-state index contributed by atoms with van der Waals surface area (Å²) in [6.45, 7) is 0.261. The number of urea groups is 1. The predicted molar refractivity (Wildman–Crippen MR) is 131 cm³/mol. The van der Waals surface area contributed by atoms with Gasteiger partial charge in [0.05, 0.1) is 15.8 Å². The fourth-order valence-corrected chi connectivity index (χ4v) is 5.17. The lowest BCUT2D eigenvalue weighted by Crippen LogP contribution is -2.45. The molecular weight excluding hydrogens is 494 g/mol. The Morgan fingerprint density at radius 3 is 2.51 bits per heavy atom. The van der Waals surface area contributed by atoms with Gasteiger partial charge in [-0.2, -0.15) is 0 Å². The zero-order chi connectivity index (χ0) is 25.0. The van der Waals surface area contributed by atoms with Crippen LogP contribution in [0.1, 0.15) is 31.2 Å². The Labute approximate surface area is 207 Å². The van der Waals surface area contributed by atoms with Gasteiger partial charge in [-0.1, -0.05) is 12.1 Å². The lowest BCUT2D eigenvalue weighted by atomic mass is 9.95. The smallest absolute Gasteiger partial charge is 0.328 e. The van der Waals surface area contributed by atoms with Gasteiger partial charge in [0.25, 0.3) is 10.0 Å². The van der Waals surface area contributed by atoms with Crippen molar-refractivity contribution >= 4 is 44.6 Å². The highest BCUT2D eigenvalue weighted by atomic mass is 35.5. The van der Waals surface area contributed by atoms with E-state index in [-0.39, 0.29) is 28.7 Å². The van der Waals surface area contributed by atoms with Crippen LogP contribution >= 0.6 is 11.6 Å². The van der Waals surface area contributed by atoms with Crippen LogP contribution in [0.2, 0.25) is 0 Å². The zero-order valence-corrected chi connectivity index (χ0v) is 20.3. The number of amides is 3. The number of hydrogen-bond acceptors (Lipinski definition) is 6. The van der Waals surface area contributed by atoms with Gasteiger partial charge in [0, 0.05) is 30.4 Å². The van der Waals surface area contributed by atoms with Crippen molar-refractivity contribution in [1.82, 2.24) is 24.9 Å². The molecule has 3 amide bonds. The molecule has 1 aliphatic carbocycles. The minimum Gasteiger partial charge on any atom is -0.494 e. The molecule has 0 atom stereocenters. The highest BCUT2D eigenvalue weighted by molar-refractivity contribution is 7.90. The fraction of sp³-hybridized carbons (Fsp3) is 0.348. The first-order chi connectivity index (χ1) is 16.7. The number of rotatable bonds is 6.